The van der Waals surface area contributed by atoms with Gasteiger partial charge in [0.1, 0.15) is 12.1 Å². The third-order valence-electron chi connectivity index (χ3n) is 8.83. The first-order chi connectivity index (χ1) is 20.9. The minimum atomic E-state index is -0.723. The fourth-order valence-corrected chi connectivity index (χ4v) is 6.79. The van der Waals surface area contributed by atoms with E-state index in [1.54, 1.807) is 17.8 Å². The van der Waals surface area contributed by atoms with E-state index in [2.05, 4.69) is 5.32 Å². The topological polar surface area (TPSA) is 84.9 Å². The molecule has 0 bridgehead atoms. The Balaban J connectivity index is 1.57. The number of likely N-dealkylation sites (tertiary alicyclic amines) is 1. The molecule has 1 unspecified atom stereocenters. The summed E-state index contributed by atoms with van der Waals surface area (Å²) in [5.74, 6) is 0.596. The number of methoxy groups -OCH3 is 1. The lowest BCUT2D eigenvalue weighted by molar-refractivity contribution is -0.147. The van der Waals surface area contributed by atoms with Crippen LogP contribution in [0.4, 0.5) is 0 Å². The number of nitrogens with one attached hydrogen (secondary N) is 1. The van der Waals surface area contributed by atoms with Gasteiger partial charge in [-0.3, -0.25) is 9.59 Å². The van der Waals surface area contributed by atoms with Gasteiger partial charge in [-0.25, -0.2) is 4.79 Å². The lowest BCUT2D eigenvalue weighted by atomic mass is 9.85. The first kappa shape index (κ1) is 33.1. The van der Waals surface area contributed by atoms with Crippen LogP contribution in [-0.2, 0) is 25.7 Å². The summed E-state index contributed by atoms with van der Waals surface area (Å²) in [7, 11) is 1.34. The Labute approximate surface area is 261 Å². The van der Waals surface area contributed by atoms with Crippen LogP contribution in [0.3, 0.4) is 0 Å². The number of amides is 2. The average Bonchev–Trinajstić information content (AvgIpc) is 3.05. The van der Waals surface area contributed by atoms with E-state index in [-0.39, 0.29) is 18.4 Å². The molecular formula is C35H48N2O5S. The van der Waals surface area contributed by atoms with Crippen molar-refractivity contribution in [3.63, 3.8) is 0 Å². The number of rotatable bonds is 13. The molecule has 1 heterocycles. The molecule has 234 valence electrons. The quantitative estimate of drug-likeness (QED) is 0.260. The molecule has 1 aliphatic heterocycles. The summed E-state index contributed by atoms with van der Waals surface area (Å²) < 4.78 is 11.4. The number of hydrogen-bond acceptors (Lipinski definition) is 6. The van der Waals surface area contributed by atoms with Crippen molar-refractivity contribution in [3.05, 3.63) is 59.2 Å². The molecule has 0 spiro atoms. The van der Waals surface area contributed by atoms with E-state index in [4.69, 9.17) is 9.47 Å². The highest BCUT2D eigenvalue weighted by Crippen LogP contribution is 2.31. The zero-order valence-electron chi connectivity index (χ0n) is 26.1. The number of esters is 1. The second-order valence-corrected chi connectivity index (χ2v) is 12.9. The predicted molar refractivity (Wildman–Crippen MR) is 173 cm³/mol. The first-order valence-corrected chi connectivity index (χ1v) is 17.3. The van der Waals surface area contributed by atoms with Crippen LogP contribution < -0.4 is 5.32 Å². The van der Waals surface area contributed by atoms with E-state index in [1.807, 2.05) is 54.5 Å². The lowest BCUT2D eigenvalue weighted by Crippen LogP contribution is -2.44. The van der Waals surface area contributed by atoms with Crippen LogP contribution in [0, 0.1) is 12.8 Å². The van der Waals surface area contributed by atoms with Gasteiger partial charge in [-0.15, -0.1) is 0 Å². The van der Waals surface area contributed by atoms with E-state index in [0.29, 0.717) is 17.9 Å². The molecule has 8 heteroatoms. The Morgan fingerprint density at radius 3 is 2.40 bits per heavy atom. The molecule has 4 rings (SSSR count). The van der Waals surface area contributed by atoms with Crippen molar-refractivity contribution in [1.29, 1.82) is 0 Å². The van der Waals surface area contributed by atoms with Crippen molar-refractivity contribution in [2.45, 2.75) is 89.9 Å². The molecule has 0 aromatic heterocycles. The van der Waals surface area contributed by atoms with Crippen molar-refractivity contribution in [2.24, 2.45) is 5.92 Å². The smallest absolute Gasteiger partial charge is 0.328 e. The van der Waals surface area contributed by atoms with Gasteiger partial charge < -0.3 is 19.7 Å². The van der Waals surface area contributed by atoms with Crippen LogP contribution in [0.1, 0.15) is 85.7 Å². The van der Waals surface area contributed by atoms with Gasteiger partial charge in [0.05, 0.1) is 13.7 Å². The maximum Gasteiger partial charge on any atom is 0.328 e. The third kappa shape index (κ3) is 9.32. The summed E-state index contributed by atoms with van der Waals surface area (Å²) in [5, 5.41) is 2.91. The van der Waals surface area contributed by atoms with Gasteiger partial charge in [-0.05, 0) is 91.3 Å². The number of carbonyl (C=O) groups excluding carboxylic acids is 3. The summed E-state index contributed by atoms with van der Waals surface area (Å²) in [6.45, 7) is 3.94. The van der Waals surface area contributed by atoms with Crippen molar-refractivity contribution in [1.82, 2.24) is 10.2 Å². The summed E-state index contributed by atoms with van der Waals surface area (Å²) >= 11 is 1.61. The SMILES string of the molecule is COC(=O)C(CCSC)NC(=O)c1ccc(CO[C@@H](CC2CCCCC2)C(=O)N2CCCCC2)cc1-c1ccccc1C. The lowest BCUT2D eigenvalue weighted by Gasteiger charge is -2.32. The van der Waals surface area contributed by atoms with Crippen LogP contribution in [0.5, 0.6) is 0 Å². The van der Waals surface area contributed by atoms with Crippen LogP contribution in [-0.4, -0.2) is 67.0 Å². The highest BCUT2D eigenvalue weighted by molar-refractivity contribution is 7.98. The van der Waals surface area contributed by atoms with Gasteiger partial charge >= 0.3 is 5.97 Å². The third-order valence-corrected chi connectivity index (χ3v) is 9.48. The summed E-state index contributed by atoms with van der Waals surface area (Å²) in [5.41, 5.74) is 4.14. The monoisotopic (exact) mass is 608 g/mol. The van der Waals surface area contributed by atoms with Crippen LogP contribution in [0.2, 0.25) is 0 Å². The first-order valence-electron chi connectivity index (χ1n) is 15.9. The van der Waals surface area contributed by atoms with Crippen molar-refractivity contribution in [3.8, 4) is 11.1 Å². The summed E-state index contributed by atoms with van der Waals surface area (Å²) in [6, 6.07) is 12.9. The van der Waals surface area contributed by atoms with E-state index >= 15 is 0 Å². The molecule has 0 radical (unpaired) electrons. The Bertz CT molecular complexity index is 1220. The van der Waals surface area contributed by atoms with Gasteiger partial charge in [0.25, 0.3) is 11.8 Å². The maximum atomic E-state index is 13.6. The van der Waals surface area contributed by atoms with Gasteiger partial charge in [0, 0.05) is 18.7 Å². The number of thioether (sulfide) groups is 1. The highest BCUT2D eigenvalue weighted by Gasteiger charge is 2.30. The molecule has 1 saturated carbocycles. The number of ether oxygens (including phenoxy) is 2. The van der Waals surface area contributed by atoms with E-state index in [0.717, 1.165) is 73.2 Å². The van der Waals surface area contributed by atoms with Crippen LogP contribution in [0.25, 0.3) is 11.1 Å². The largest absolute Gasteiger partial charge is 0.467 e. The number of benzene rings is 2. The molecule has 1 aliphatic carbocycles. The minimum Gasteiger partial charge on any atom is -0.467 e. The molecule has 7 nitrogen and oxygen atoms in total. The van der Waals surface area contributed by atoms with E-state index in [1.165, 1.54) is 32.8 Å². The van der Waals surface area contributed by atoms with Gasteiger partial charge in [-0.1, -0.05) is 62.4 Å². The zero-order chi connectivity index (χ0) is 30.6. The molecule has 2 atom stereocenters. The molecule has 2 aliphatic rings. The maximum absolute atomic E-state index is 13.6. The Morgan fingerprint density at radius 2 is 1.70 bits per heavy atom. The fourth-order valence-electron chi connectivity index (χ4n) is 6.32. The molecule has 2 aromatic carbocycles. The molecule has 43 heavy (non-hydrogen) atoms. The molecule has 2 aromatic rings. The molecule has 2 fully saturated rings. The van der Waals surface area contributed by atoms with Crippen molar-refractivity contribution >= 4 is 29.5 Å². The molecule has 1 N–H and O–H groups in total. The standard InChI is InChI=1S/C35H48N2O5S/c1-25-12-8-9-15-28(25)30-22-27(16-17-29(30)33(38)36-31(18-21-43-3)35(40)41-2)24-42-32(23-26-13-6-4-7-14-26)34(39)37-19-10-5-11-20-37/h8-9,12,15-17,22,26,31-32H,4-7,10-11,13-14,18-21,23-24H2,1-3H3,(H,36,38)/t31?,32-/m0/s1. The number of carbonyl (C=O) groups is 3. The van der Waals surface area contributed by atoms with Crippen LogP contribution >= 0.6 is 11.8 Å². The highest BCUT2D eigenvalue weighted by atomic mass is 32.2. The number of piperidine rings is 1. The van der Waals surface area contributed by atoms with Gasteiger partial charge in [0.15, 0.2) is 0 Å². The van der Waals surface area contributed by atoms with Crippen molar-refractivity contribution < 1.29 is 23.9 Å². The zero-order valence-corrected chi connectivity index (χ0v) is 26.9. The Hall–Kier alpha value is -2.84. The fraction of sp³-hybridized carbons (Fsp3) is 0.571. The van der Waals surface area contributed by atoms with E-state index < -0.39 is 18.1 Å². The van der Waals surface area contributed by atoms with Crippen LogP contribution in [0.15, 0.2) is 42.5 Å². The predicted octanol–water partition coefficient (Wildman–Crippen LogP) is 6.55. The summed E-state index contributed by atoms with van der Waals surface area (Å²) in [6.07, 6.45) is 12.1. The number of hydrogen-bond donors (Lipinski definition) is 1. The minimum absolute atomic E-state index is 0.125. The average molecular weight is 609 g/mol. The summed E-state index contributed by atoms with van der Waals surface area (Å²) in [4.78, 5) is 41.6. The van der Waals surface area contributed by atoms with Gasteiger partial charge in [0.2, 0.25) is 0 Å². The Kier molecular flexibility index (Phi) is 13.0. The molecular weight excluding hydrogens is 560 g/mol. The Morgan fingerprint density at radius 1 is 0.977 bits per heavy atom. The van der Waals surface area contributed by atoms with Gasteiger partial charge in [-0.2, -0.15) is 11.8 Å². The number of nitrogens with zero attached hydrogens (tertiary/aromatic N) is 1. The molecule has 2 amide bonds. The van der Waals surface area contributed by atoms with E-state index in [9.17, 15) is 14.4 Å². The molecule has 1 saturated heterocycles. The van der Waals surface area contributed by atoms with Crippen molar-refractivity contribution in [2.75, 3.05) is 32.2 Å². The second-order valence-electron chi connectivity index (χ2n) is 12.0. The second kappa shape index (κ2) is 16.9. The number of aryl methyl sites for hydroxylation is 1. The normalized spacial score (nSPS) is 17.2.